The van der Waals surface area contributed by atoms with Gasteiger partial charge in [0.05, 0.1) is 6.54 Å². The highest BCUT2D eigenvalue weighted by Crippen LogP contribution is 2.11. The molecule has 0 saturated heterocycles. The van der Waals surface area contributed by atoms with Gasteiger partial charge in [0.1, 0.15) is 6.61 Å². The first kappa shape index (κ1) is 10.6. The minimum absolute atomic E-state index is 0.424. The van der Waals surface area contributed by atoms with Crippen molar-refractivity contribution in [2.24, 2.45) is 0 Å². The molecular formula is C8H11F2NOS. The van der Waals surface area contributed by atoms with E-state index in [4.69, 9.17) is 5.11 Å². The third-order valence-corrected chi connectivity index (χ3v) is 2.37. The van der Waals surface area contributed by atoms with Crippen molar-refractivity contribution in [3.63, 3.8) is 0 Å². The molecule has 0 amide bonds. The molecule has 5 heteroatoms. The smallest absolute Gasteiger partial charge is 0.282 e. The molecule has 0 radical (unpaired) electrons. The van der Waals surface area contributed by atoms with Crippen LogP contribution >= 0.6 is 11.3 Å². The summed E-state index contributed by atoms with van der Waals surface area (Å²) < 4.78 is 24.9. The molecule has 0 aromatic carbocycles. The molecular weight excluding hydrogens is 196 g/mol. The van der Waals surface area contributed by atoms with E-state index in [0.717, 1.165) is 4.88 Å². The van der Waals surface area contributed by atoms with E-state index in [1.54, 1.807) is 0 Å². The number of aliphatic hydroxyl groups excluding tert-OH is 1. The number of hydrogen-bond donors (Lipinski definition) is 2. The van der Waals surface area contributed by atoms with Crippen molar-refractivity contribution < 1.29 is 13.9 Å². The minimum atomic E-state index is -3.02. The molecule has 1 heterocycles. The number of aliphatic hydroxyl groups is 1. The molecule has 74 valence electrons. The fourth-order valence-corrected chi connectivity index (χ4v) is 1.51. The van der Waals surface area contributed by atoms with E-state index in [1.165, 1.54) is 11.3 Å². The second-order valence-electron chi connectivity index (χ2n) is 2.70. The predicted octanol–water partition coefficient (Wildman–Crippen LogP) is 1.47. The van der Waals surface area contributed by atoms with Crippen LogP contribution in [0.1, 0.15) is 4.88 Å². The number of hydrogen-bond acceptors (Lipinski definition) is 3. The largest absolute Gasteiger partial charge is 0.390 e. The Morgan fingerprint density at radius 2 is 2.31 bits per heavy atom. The first-order chi connectivity index (χ1) is 6.14. The molecule has 0 unspecified atom stereocenters. The van der Waals surface area contributed by atoms with Crippen LogP contribution in [0.3, 0.4) is 0 Å². The molecule has 1 aromatic heterocycles. The molecule has 1 rings (SSSR count). The molecule has 0 saturated carbocycles. The zero-order chi connectivity index (χ0) is 9.73. The summed E-state index contributed by atoms with van der Waals surface area (Å²) in [5.74, 6) is -3.02. The van der Waals surface area contributed by atoms with E-state index in [2.05, 4.69) is 5.32 Å². The first-order valence-corrected chi connectivity index (χ1v) is 4.74. The maximum atomic E-state index is 12.5. The second-order valence-corrected chi connectivity index (χ2v) is 3.73. The standard InChI is InChI=1S/C8H11F2NOS/c9-8(10,6-12)5-11-4-7-2-1-3-13-7/h1-3,11-12H,4-6H2. The van der Waals surface area contributed by atoms with Gasteiger partial charge >= 0.3 is 0 Å². The fourth-order valence-electron chi connectivity index (χ4n) is 0.838. The maximum Gasteiger partial charge on any atom is 0.282 e. The van der Waals surface area contributed by atoms with Crippen LogP contribution in [0, 0.1) is 0 Å². The third-order valence-electron chi connectivity index (χ3n) is 1.49. The zero-order valence-electron chi connectivity index (χ0n) is 6.96. The van der Waals surface area contributed by atoms with Crippen molar-refractivity contribution in [1.29, 1.82) is 0 Å². The van der Waals surface area contributed by atoms with E-state index in [9.17, 15) is 8.78 Å². The van der Waals surface area contributed by atoms with Crippen molar-refractivity contribution in [2.45, 2.75) is 12.5 Å². The molecule has 2 nitrogen and oxygen atoms in total. The van der Waals surface area contributed by atoms with Gasteiger partial charge in [0, 0.05) is 11.4 Å². The van der Waals surface area contributed by atoms with Crippen LogP contribution < -0.4 is 5.32 Å². The highest BCUT2D eigenvalue weighted by Gasteiger charge is 2.26. The van der Waals surface area contributed by atoms with Crippen LogP contribution in [0.5, 0.6) is 0 Å². The van der Waals surface area contributed by atoms with E-state index >= 15 is 0 Å². The van der Waals surface area contributed by atoms with Crippen LogP contribution in [0.15, 0.2) is 17.5 Å². The molecule has 0 aliphatic heterocycles. The summed E-state index contributed by atoms with van der Waals surface area (Å²) in [6.07, 6.45) is 0. The monoisotopic (exact) mass is 207 g/mol. The summed E-state index contributed by atoms with van der Waals surface area (Å²) in [7, 11) is 0. The molecule has 0 aliphatic carbocycles. The van der Waals surface area contributed by atoms with E-state index in [-0.39, 0.29) is 0 Å². The van der Waals surface area contributed by atoms with Crippen LogP contribution in [-0.4, -0.2) is 24.2 Å². The van der Waals surface area contributed by atoms with Crippen molar-refractivity contribution >= 4 is 11.3 Å². The Morgan fingerprint density at radius 3 is 2.85 bits per heavy atom. The van der Waals surface area contributed by atoms with Gasteiger partial charge in [-0.05, 0) is 11.4 Å². The van der Waals surface area contributed by atoms with Gasteiger partial charge in [0.15, 0.2) is 0 Å². The van der Waals surface area contributed by atoms with Crippen molar-refractivity contribution in [3.05, 3.63) is 22.4 Å². The Kier molecular flexibility index (Phi) is 3.77. The van der Waals surface area contributed by atoms with Gasteiger partial charge < -0.3 is 10.4 Å². The van der Waals surface area contributed by atoms with Gasteiger partial charge in [-0.1, -0.05) is 6.07 Å². The summed E-state index contributed by atoms with van der Waals surface area (Å²) in [6, 6.07) is 3.74. The molecule has 0 bridgehead atoms. The SMILES string of the molecule is OCC(F)(F)CNCc1cccs1. The van der Waals surface area contributed by atoms with Crippen LogP contribution in [0.4, 0.5) is 8.78 Å². The number of thiophene rings is 1. The Bertz CT molecular complexity index is 238. The Morgan fingerprint density at radius 1 is 1.54 bits per heavy atom. The number of halogens is 2. The summed E-state index contributed by atoms with van der Waals surface area (Å²) in [6.45, 7) is -1.17. The van der Waals surface area contributed by atoms with Gasteiger partial charge in [-0.15, -0.1) is 11.3 Å². The average Bonchev–Trinajstić information content (AvgIpc) is 2.57. The summed E-state index contributed by atoms with van der Waals surface area (Å²) in [5, 5.41) is 12.7. The van der Waals surface area contributed by atoms with E-state index < -0.39 is 19.1 Å². The summed E-state index contributed by atoms with van der Waals surface area (Å²) >= 11 is 1.51. The average molecular weight is 207 g/mol. The quantitative estimate of drug-likeness (QED) is 0.766. The van der Waals surface area contributed by atoms with Gasteiger partial charge in [0.25, 0.3) is 5.92 Å². The molecule has 0 fully saturated rings. The normalized spacial score (nSPS) is 11.9. The van der Waals surface area contributed by atoms with Crippen LogP contribution in [-0.2, 0) is 6.54 Å². The molecule has 0 spiro atoms. The lowest BCUT2D eigenvalue weighted by Gasteiger charge is -2.13. The topological polar surface area (TPSA) is 32.3 Å². The fraction of sp³-hybridized carbons (Fsp3) is 0.500. The number of nitrogens with one attached hydrogen (secondary N) is 1. The molecule has 1 aromatic rings. The highest BCUT2D eigenvalue weighted by molar-refractivity contribution is 7.09. The zero-order valence-corrected chi connectivity index (χ0v) is 7.78. The number of alkyl halides is 2. The van der Waals surface area contributed by atoms with Gasteiger partial charge in [-0.3, -0.25) is 0 Å². The summed E-state index contributed by atoms with van der Waals surface area (Å²) in [5.41, 5.74) is 0. The van der Waals surface area contributed by atoms with Crippen molar-refractivity contribution in [3.8, 4) is 0 Å². The van der Waals surface area contributed by atoms with Gasteiger partial charge in [-0.25, -0.2) is 8.78 Å². The third kappa shape index (κ3) is 3.80. The molecule has 13 heavy (non-hydrogen) atoms. The number of rotatable bonds is 5. The Labute approximate surface area is 79.2 Å². The van der Waals surface area contributed by atoms with Crippen LogP contribution in [0.2, 0.25) is 0 Å². The lowest BCUT2D eigenvalue weighted by atomic mass is 10.3. The Balaban J connectivity index is 2.21. The van der Waals surface area contributed by atoms with E-state index in [0.29, 0.717) is 6.54 Å². The van der Waals surface area contributed by atoms with Gasteiger partial charge in [-0.2, -0.15) is 0 Å². The molecule has 2 N–H and O–H groups in total. The van der Waals surface area contributed by atoms with Gasteiger partial charge in [0.2, 0.25) is 0 Å². The summed E-state index contributed by atoms with van der Waals surface area (Å²) in [4.78, 5) is 1.01. The molecule has 0 atom stereocenters. The van der Waals surface area contributed by atoms with E-state index in [1.807, 2.05) is 17.5 Å². The minimum Gasteiger partial charge on any atom is -0.390 e. The lowest BCUT2D eigenvalue weighted by Crippen LogP contribution is -2.35. The highest BCUT2D eigenvalue weighted by atomic mass is 32.1. The van der Waals surface area contributed by atoms with Crippen molar-refractivity contribution in [2.75, 3.05) is 13.2 Å². The predicted molar refractivity (Wildman–Crippen MR) is 48.1 cm³/mol. The maximum absolute atomic E-state index is 12.5. The van der Waals surface area contributed by atoms with Crippen molar-refractivity contribution in [1.82, 2.24) is 5.32 Å². The van der Waals surface area contributed by atoms with Crippen LogP contribution in [0.25, 0.3) is 0 Å². The Hall–Kier alpha value is -0.520. The second kappa shape index (κ2) is 4.64. The molecule has 0 aliphatic rings. The first-order valence-electron chi connectivity index (χ1n) is 3.86. The lowest BCUT2D eigenvalue weighted by molar-refractivity contribution is -0.0477.